The van der Waals surface area contributed by atoms with E-state index in [0.717, 1.165) is 6.26 Å². The third kappa shape index (κ3) is 5.64. The fourth-order valence-electron chi connectivity index (χ4n) is 3.79. The minimum Gasteiger partial charge on any atom is -0.481 e. The highest BCUT2D eigenvalue weighted by Crippen LogP contribution is 2.37. The van der Waals surface area contributed by atoms with Crippen molar-refractivity contribution in [2.24, 2.45) is 0 Å². The number of fused-ring (bicyclic) bond motifs is 1. The van der Waals surface area contributed by atoms with Gasteiger partial charge in [-0.15, -0.1) is 0 Å². The number of carboxylic acid groups (broad SMARTS) is 1. The normalized spacial score (nSPS) is 12.1. The number of benzene rings is 3. The van der Waals surface area contributed by atoms with Gasteiger partial charge < -0.3 is 14.6 Å². The number of para-hydroxylation sites is 1. The van der Waals surface area contributed by atoms with Crippen LogP contribution in [0.1, 0.15) is 28.4 Å². The first-order chi connectivity index (χ1) is 16.7. The zero-order valence-electron chi connectivity index (χ0n) is 18.7. The number of hydrogen-bond donors (Lipinski definition) is 2. The molecular weight excluding hydrogens is 468 g/mol. The second kappa shape index (κ2) is 9.94. The van der Waals surface area contributed by atoms with E-state index in [1.807, 2.05) is 0 Å². The van der Waals surface area contributed by atoms with E-state index in [-0.39, 0.29) is 23.4 Å². The molecule has 0 radical (unpaired) electrons. The number of carbonyl (C=O) groups is 2. The number of hydrogen-bond acceptors (Lipinski definition) is 6. The molecule has 4 aromatic rings. The number of aliphatic carboxylic acids is 1. The molecule has 0 aliphatic carbocycles. The van der Waals surface area contributed by atoms with Crippen molar-refractivity contribution in [2.45, 2.75) is 12.5 Å². The van der Waals surface area contributed by atoms with Crippen molar-refractivity contribution in [1.82, 2.24) is 10.3 Å². The van der Waals surface area contributed by atoms with Crippen molar-refractivity contribution in [3.63, 3.8) is 0 Å². The van der Waals surface area contributed by atoms with E-state index in [4.69, 9.17) is 4.18 Å². The molecule has 0 fully saturated rings. The molecule has 0 spiro atoms. The van der Waals surface area contributed by atoms with Crippen LogP contribution in [0.2, 0.25) is 0 Å². The fraction of sp³-hybridized carbons (Fsp3) is 0.115. The lowest BCUT2D eigenvalue weighted by molar-refractivity contribution is -0.137. The zero-order chi connectivity index (χ0) is 25.0. The lowest BCUT2D eigenvalue weighted by Crippen LogP contribution is -2.31. The first kappa shape index (κ1) is 23.9. The molecule has 35 heavy (non-hydrogen) atoms. The highest BCUT2D eigenvalue weighted by molar-refractivity contribution is 7.86. The van der Waals surface area contributed by atoms with Gasteiger partial charge in [0.1, 0.15) is 5.69 Å². The maximum atomic E-state index is 13.7. The van der Waals surface area contributed by atoms with Gasteiger partial charge in [0, 0.05) is 10.9 Å². The van der Waals surface area contributed by atoms with Crippen LogP contribution < -0.4 is 9.50 Å². The van der Waals surface area contributed by atoms with Crippen LogP contribution in [-0.2, 0) is 14.9 Å². The Labute approximate surface area is 202 Å². The van der Waals surface area contributed by atoms with Crippen molar-refractivity contribution in [3.05, 3.63) is 96.1 Å². The van der Waals surface area contributed by atoms with Crippen LogP contribution in [-0.4, -0.2) is 36.6 Å². The minimum absolute atomic E-state index is 0.0498. The predicted octanol–water partition coefficient (Wildman–Crippen LogP) is 4.19. The largest absolute Gasteiger partial charge is 0.481 e. The predicted molar refractivity (Wildman–Crippen MR) is 132 cm³/mol. The Hall–Kier alpha value is -4.24. The SMILES string of the molecule is CS(=O)(=O)Oc1c(-c2ccccc2)nc2ccccc2c1C(=O)N[C@@H](CC(=O)O)c1ccccc1. The second-order valence-corrected chi connectivity index (χ2v) is 9.44. The number of rotatable bonds is 8. The highest BCUT2D eigenvalue weighted by atomic mass is 32.2. The monoisotopic (exact) mass is 490 g/mol. The van der Waals surface area contributed by atoms with Crippen LogP contribution in [0, 0.1) is 0 Å². The Morgan fingerprint density at radius 3 is 2.17 bits per heavy atom. The van der Waals surface area contributed by atoms with E-state index in [9.17, 15) is 23.1 Å². The quantitative estimate of drug-likeness (QED) is 0.355. The maximum Gasteiger partial charge on any atom is 0.306 e. The molecule has 3 aromatic carbocycles. The number of nitrogens with one attached hydrogen (secondary N) is 1. The number of nitrogens with zero attached hydrogens (tertiary/aromatic N) is 1. The Morgan fingerprint density at radius 2 is 1.54 bits per heavy atom. The van der Waals surface area contributed by atoms with Crippen LogP contribution in [0.25, 0.3) is 22.2 Å². The maximum absolute atomic E-state index is 13.7. The molecule has 1 heterocycles. The number of pyridine rings is 1. The summed E-state index contributed by atoms with van der Waals surface area (Å²) < 4.78 is 29.8. The summed E-state index contributed by atoms with van der Waals surface area (Å²) in [6.45, 7) is 0. The van der Waals surface area contributed by atoms with Crippen LogP contribution in [0.3, 0.4) is 0 Å². The summed E-state index contributed by atoms with van der Waals surface area (Å²) in [4.78, 5) is 29.8. The summed E-state index contributed by atoms with van der Waals surface area (Å²) in [5.41, 5.74) is 1.72. The molecule has 0 aliphatic heterocycles. The Balaban J connectivity index is 1.93. The van der Waals surface area contributed by atoms with Gasteiger partial charge in [0.25, 0.3) is 5.91 Å². The lowest BCUT2D eigenvalue weighted by atomic mass is 10.00. The van der Waals surface area contributed by atoms with Crippen molar-refractivity contribution < 1.29 is 27.3 Å². The van der Waals surface area contributed by atoms with E-state index < -0.39 is 28.0 Å². The molecule has 1 atom stereocenters. The summed E-state index contributed by atoms with van der Waals surface area (Å²) in [7, 11) is -4.05. The molecule has 4 rings (SSSR count). The van der Waals surface area contributed by atoms with Gasteiger partial charge in [-0.2, -0.15) is 8.42 Å². The molecule has 0 aliphatic rings. The van der Waals surface area contributed by atoms with Gasteiger partial charge in [0.2, 0.25) is 0 Å². The summed E-state index contributed by atoms with van der Waals surface area (Å²) in [6.07, 6.45) is 0.516. The number of carboxylic acids is 1. The highest BCUT2D eigenvalue weighted by Gasteiger charge is 2.28. The van der Waals surface area contributed by atoms with Gasteiger partial charge in [-0.1, -0.05) is 78.9 Å². The third-order valence-corrected chi connectivity index (χ3v) is 5.71. The molecule has 0 saturated carbocycles. The third-order valence-electron chi connectivity index (χ3n) is 5.24. The van der Waals surface area contributed by atoms with Crippen LogP contribution in [0.15, 0.2) is 84.9 Å². The van der Waals surface area contributed by atoms with E-state index in [2.05, 4.69) is 10.3 Å². The van der Waals surface area contributed by atoms with Gasteiger partial charge in [0.05, 0.1) is 29.8 Å². The summed E-state index contributed by atoms with van der Waals surface area (Å²) >= 11 is 0. The van der Waals surface area contributed by atoms with Crippen molar-refractivity contribution in [2.75, 3.05) is 6.26 Å². The molecular formula is C26H22N2O6S. The standard InChI is InChI=1S/C26H22N2O6S/c1-35(32,33)34-25-23(26(31)28-21(16-22(29)30)17-10-4-2-5-11-17)19-14-8-9-15-20(19)27-24(25)18-12-6-3-7-13-18/h2-15,21H,16H2,1H3,(H,28,31)(H,29,30)/t21-/m0/s1. The van der Waals surface area contributed by atoms with Gasteiger partial charge in [-0.3, -0.25) is 9.59 Å². The molecule has 0 saturated heterocycles. The average molecular weight is 491 g/mol. The van der Waals surface area contributed by atoms with E-state index in [1.54, 1.807) is 84.9 Å². The number of amides is 1. The first-order valence-electron chi connectivity index (χ1n) is 10.7. The number of carbonyl (C=O) groups excluding carboxylic acids is 1. The second-order valence-electron chi connectivity index (χ2n) is 7.87. The van der Waals surface area contributed by atoms with Gasteiger partial charge >= 0.3 is 16.1 Å². The van der Waals surface area contributed by atoms with Crippen LogP contribution >= 0.6 is 0 Å². The van der Waals surface area contributed by atoms with Crippen LogP contribution in [0.4, 0.5) is 0 Å². The fourth-order valence-corrected chi connectivity index (χ4v) is 4.25. The molecule has 178 valence electrons. The summed E-state index contributed by atoms with van der Waals surface area (Å²) in [6, 6.07) is 23.4. The molecule has 1 aromatic heterocycles. The molecule has 1 amide bonds. The minimum atomic E-state index is -4.05. The topological polar surface area (TPSA) is 123 Å². The molecule has 9 heteroatoms. The van der Waals surface area contributed by atoms with Gasteiger partial charge in [-0.05, 0) is 11.6 Å². The lowest BCUT2D eigenvalue weighted by Gasteiger charge is -2.20. The van der Waals surface area contributed by atoms with Crippen molar-refractivity contribution in [1.29, 1.82) is 0 Å². The van der Waals surface area contributed by atoms with Gasteiger partial charge in [0.15, 0.2) is 5.75 Å². The summed E-state index contributed by atoms with van der Waals surface area (Å²) in [5, 5.41) is 12.6. The Morgan fingerprint density at radius 1 is 0.943 bits per heavy atom. The number of aromatic nitrogens is 1. The van der Waals surface area contributed by atoms with E-state index in [0.29, 0.717) is 22.0 Å². The Bertz CT molecular complexity index is 1490. The first-order valence-corrected chi connectivity index (χ1v) is 12.5. The Kier molecular flexibility index (Phi) is 6.79. The van der Waals surface area contributed by atoms with Crippen molar-refractivity contribution >= 4 is 32.9 Å². The molecule has 8 nitrogen and oxygen atoms in total. The average Bonchev–Trinajstić information content (AvgIpc) is 2.83. The van der Waals surface area contributed by atoms with Crippen LogP contribution in [0.5, 0.6) is 5.75 Å². The zero-order valence-corrected chi connectivity index (χ0v) is 19.5. The summed E-state index contributed by atoms with van der Waals surface area (Å²) in [5.74, 6) is -2.01. The van der Waals surface area contributed by atoms with Gasteiger partial charge in [-0.25, -0.2) is 4.98 Å². The van der Waals surface area contributed by atoms with E-state index >= 15 is 0 Å². The smallest absolute Gasteiger partial charge is 0.306 e. The molecule has 0 unspecified atom stereocenters. The molecule has 2 N–H and O–H groups in total. The molecule has 0 bridgehead atoms. The van der Waals surface area contributed by atoms with E-state index in [1.165, 1.54) is 0 Å². The van der Waals surface area contributed by atoms with Crippen molar-refractivity contribution in [3.8, 4) is 17.0 Å².